The third-order valence-electron chi connectivity index (χ3n) is 3.60. The van der Waals surface area contributed by atoms with Crippen LogP contribution in [0.4, 0.5) is 17.3 Å². The standard InChI is InChI=1S/C18H26N4/c1-4-11-22(12-5-2)18-13-17(19-14-20-18)21-16-9-7-15(6-3)8-10-16/h7-10,13-14H,4-6,11-12H2,1-3H3,(H,19,20,21). The Kier molecular flexibility index (Phi) is 6.19. The molecule has 22 heavy (non-hydrogen) atoms. The smallest absolute Gasteiger partial charge is 0.135 e. The quantitative estimate of drug-likeness (QED) is 0.784. The Morgan fingerprint density at radius 2 is 1.64 bits per heavy atom. The molecule has 0 aliphatic heterocycles. The minimum atomic E-state index is 0.839. The molecule has 1 heterocycles. The van der Waals surface area contributed by atoms with Gasteiger partial charge in [0.1, 0.15) is 18.0 Å². The van der Waals surface area contributed by atoms with Gasteiger partial charge in [0, 0.05) is 24.8 Å². The highest BCUT2D eigenvalue weighted by atomic mass is 15.2. The van der Waals surface area contributed by atoms with E-state index in [4.69, 9.17) is 0 Å². The van der Waals surface area contributed by atoms with Crippen molar-refractivity contribution in [2.45, 2.75) is 40.0 Å². The molecular weight excluding hydrogens is 272 g/mol. The predicted octanol–water partition coefficient (Wildman–Crippen LogP) is 4.41. The maximum absolute atomic E-state index is 4.42. The first-order valence-electron chi connectivity index (χ1n) is 8.19. The van der Waals surface area contributed by atoms with Crippen molar-refractivity contribution >= 4 is 17.3 Å². The zero-order valence-electron chi connectivity index (χ0n) is 13.8. The lowest BCUT2D eigenvalue weighted by Gasteiger charge is -2.22. The second kappa shape index (κ2) is 8.37. The van der Waals surface area contributed by atoms with E-state index in [0.29, 0.717) is 0 Å². The lowest BCUT2D eigenvalue weighted by Crippen LogP contribution is -2.25. The van der Waals surface area contributed by atoms with Crippen LogP contribution in [0.5, 0.6) is 0 Å². The molecule has 0 atom stereocenters. The van der Waals surface area contributed by atoms with Crippen LogP contribution in [0.1, 0.15) is 39.2 Å². The number of anilines is 3. The van der Waals surface area contributed by atoms with Crippen molar-refractivity contribution < 1.29 is 0 Å². The van der Waals surface area contributed by atoms with Crippen LogP contribution in [-0.2, 0) is 6.42 Å². The van der Waals surface area contributed by atoms with E-state index < -0.39 is 0 Å². The van der Waals surface area contributed by atoms with Crippen LogP contribution >= 0.6 is 0 Å². The van der Waals surface area contributed by atoms with Gasteiger partial charge in [0.2, 0.25) is 0 Å². The van der Waals surface area contributed by atoms with Crippen LogP contribution in [0.15, 0.2) is 36.7 Å². The summed E-state index contributed by atoms with van der Waals surface area (Å²) < 4.78 is 0. The molecule has 0 spiro atoms. The van der Waals surface area contributed by atoms with Gasteiger partial charge in [0.25, 0.3) is 0 Å². The number of hydrogen-bond acceptors (Lipinski definition) is 4. The number of nitrogens with zero attached hydrogens (tertiary/aromatic N) is 3. The normalized spacial score (nSPS) is 10.5. The second-order valence-electron chi connectivity index (χ2n) is 5.42. The largest absolute Gasteiger partial charge is 0.356 e. The first-order valence-corrected chi connectivity index (χ1v) is 8.19. The summed E-state index contributed by atoms with van der Waals surface area (Å²) in [5.41, 5.74) is 2.39. The Morgan fingerprint density at radius 3 is 2.23 bits per heavy atom. The van der Waals surface area contributed by atoms with E-state index in [1.807, 2.05) is 6.07 Å². The topological polar surface area (TPSA) is 41.0 Å². The highest BCUT2D eigenvalue weighted by molar-refractivity contribution is 5.59. The van der Waals surface area contributed by atoms with Gasteiger partial charge in [0.15, 0.2) is 0 Å². The zero-order valence-corrected chi connectivity index (χ0v) is 13.8. The van der Waals surface area contributed by atoms with E-state index in [-0.39, 0.29) is 0 Å². The highest BCUT2D eigenvalue weighted by Gasteiger charge is 2.07. The molecule has 1 N–H and O–H groups in total. The van der Waals surface area contributed by atoms with E-state index in [9.17, 15) is 0 Å². The molecule has 1 aromatic carbocycles. The molecule has 0 fully saturated rings. The molecule has 4 nitrogen and oxygen atoms in total. The maximum atomic E-state index is 4.42. The van der Waals surface area contributed by atoms with Crippen LogP contribution in [0.2, 0.25) is 0 Å². The molecule has 2 rings (SSSR count). The molecule has 2 aromatic rings. The average Bonchev–Trinajstić information content (AvgIpc) is 2.56. The van der Waals surface area contributed by atoms with Gasteiger partial charge in [0.05, 0.1) is 0 Å². The van der Waals surface area contributed by atoms with E-state index >= 15 is 0 Å². The van der Waals surface area contributed by atoms with E-state index in [0.717, 1.165) is 49.7 Å². The van der Waals surface area contributed by atoms with E-state index in [1.165, 1.54) is 5.56 Å². The van der Waals surface area contributed by atoms with E-state index in [2.05, 4.69) is 65.2 Å². The van der Waals surface area contributed by atoms with Crippen LogP contribution < -0.4 is 10.2 Å². The predicted molar refractivity (Wildman–Crippen MR) is 93.9 cm³/mol. The fraction of sp³-hybridized carbons (Fsp3) is 0.444. The lowest BCUT2D eigenvalue weighted by molar-refractivity contribution is 0.733. The third-order valence-corrected chi connectivity index (χ3v) is 3.60. The first kappa shape index (κ1) is 16.3. The summed E-state index contributed by atoms with van der Waals surface area (Å²) in [5.74, 6) is 1.83. The molecule has 0 saturated carbocycles. The molecule has 1 aromatic heterocycles. The van der Waals surface area contributed by atoms with Crippen molar-refractivity contribution in [2.24, 2.45) is 0 Å². The van der Waals surface area contributed by atoms with Crippen molar-refractivity contribution in [1.82, 2.24) is 9.97 Å². The molecule has 0 aliphatic rings. The number of aryl methyl sites for hydroxylation is 1. The monoisotopic (exact) mass is 298 g/mol. The molecule has 0 aliphatic carbocycles. The molecule has 0 unspecified atom stereocenters. The van der Waals surface area contributed by atoms with Crippen LogP contribution in [-0.4, -0.2) is 23.1 Å². The van der Waals surface area contributed by atoms with E-state index in [1.54, 1.807) is 6.33 Å². The Hall–Kier alpha value is -2.10. The Morgan fingerprint density at radius 1 is 0.955 bits per heavy atom. The molecule has 0 amide bonds. The molecule has 0 bridgehead atoms. The van der Waals surface area contributed by atoms with Crippen LogP contribution in [0.3, 0.4) is 0 Å². The Labute approximate surface area is 133 Å². The highest BCUT2D eigenvalue weighted by Crippen LogP contribution is 2.19. The van der Waals surface area contributed by atoms with Gasteiger partial charge in [-0.3, -0.25) is 0 Å². The molecule has 0 saturated heterocycles. The summed E-state index contributed by atoms with van der Waals surface area (Å²) in [6.07, 6.45) is 4.92. The molecule has 118 valence electrons. The summed E-state index contributed by atoms with van der Waals surface area (Å²) in [6, 6.07) is 10.5. The fourth-order valence-electron chi connectivity index (χ4n) is 2.44. The van der Waals surface area contributed by atoms with Crippen molar-refractivity contribution in [3.8, 4) is 0 Å². The number of rotatable bonds is 8. The number of hydrogen-bond donors (Lipinski definition) is 1. The van der Waals surface area contributed by atoms with Crippen LogP contribution in [0.25, 0.3) is 0 Å². The fourth-order valence-corrected chi connectivity index (χ4v) is 2.44. The van der Waals surface area contributed by atoms with Gasteiger partial charge < -0.3 is 10.2 Å². The van der Waals surface area contributed by atoms with Gasteiger partial charge in [-0.1, -0.05) is 32.9 Å². The van der Waals surface area contributed by atoms with Gasteiger partial charge in [-0.15, -0.1) is 0 Å². The second-order valence-corrected chi connectivity index (χ2v) is 5.42. The number of nitrogens with one attached hydrogen (secondary N) is 1. The minimum Gasteiger partial charge on any atom is -0.356 e. The SMILES string of the molecule is CCCN(CCC)c1cc(Nc2ccc(CC)cc2)ncn1. The Balaban J connectivity index is 2.12. The minimum absolute atomic E-state index is 0.839. The lowest BCUT2D eigenvalue weighted by atomic mass is 10.1. The number of aromatic nitrogens is 2. The summed E-state index contributed by atoms with van der Waals surface area (Å²) in [6.45, 7) is 8.59. The molecular formula is C18H26N4. The molecule has 0 radical (unpaired) electrons. The van der Waals surface area contributed by atoms with Gasteiger partial charge in [-0.2, -0.15) is 0 Å². The first-order chi connectivity index (χ1) is 10.8. The van der Waals surface area contributed by atoms with Crippen molar-refractivity contribution in [1.29, 1.82) is 0 Å². The Bertz CT molecular complexity index is 560. The van der Waals surface area contributed by atoms with Crippen molar-refractivity contribution in [3.05, 3.63) is 42.2 Å². The third kappa shape index (κ3) is 4.45. The summed E-state index contributed by atoms with van der Waals surface area (Å²) in [4.78, 5) is 11.1. The van der Waals surface area contributed by atoms with Crippen molar-refractivity contribution in [2.75, 3.05) is 23.3 Å². The molecule has 4 heteroatoms. The average molecular weight is 298 g/mol. The zero-order chi connectivity index (χ0) is 15.8. The summed E-state index contributed by atoms with van der Waals surface area (Å²) in [5, 5.41) is 3.36. The summed E-state index contributed by atoms with van der Waals surface area (Å²) >= 11 is 0. The van der Waals surface area contributed by atoms with Crippen LogP contribution in [0, 0.1) is 0 Å². The number of benzene rings is 1. The maximum Gasteiger partial charge on any atom is 0.135 e. The van der Waals surface area contributed by atoms with Crippen molar-refractivity contribution in [3.63, 3.8) is 0 Å². The summed E-state index contributed by atoms with van der Waals surface area (Å²) in [7, 11) is 0. The van der Waals surface area contributed by atoms with Gasteiger partial charge >= 0.3 is 0 Å². The van der Waals surface area contributed by atoms with Gasteiger partial charge in [-0.05, 0) is 37.0 Å². The van der Waals surface area contributed by atoms with Gasteiger partial charge in [-0.25, -0.2) is 9.97 Å².